The highest BCUT2D eigenvalue weighted by Gasteiger charge is 2.38. The second-order valence-corrected chi connectivity index (χ2v) is 7.66. The van der Waals surface area contributed by atoms with Crippen molar-refractivity contribution in [2.75, 3.05) is 20.2 Å². The van der Waals surface area contributed by atoms with Crippen LogP contribution in [0.4, 0.5) is 13.2 Å². The van der Waals surface area contributed by atoms with E-state index in [1.165, 1.54) is 7.11 Å². The molecule has 3 rings (SSSR count). The summed E-state index contributed by atoms with van der Waals surface area (Å²) >= 11 is 6.32. The van der Waals surface area contributed by atoms with Crippen molar-refractivity contribution in [3.8, 4) is 16.9 Å². The molecule has 1 fully saturated rings. The molecule has 7 nitrogen and oxygen atoms in total. The van der Waals surface area contributed by atoms with E-state index in [4.69, 9.17) is 31.0 Å². The molecule has 0 amide bonds. The van der Waals surface area contributed by atoms with Crippen molar-refractivity contribution in [1.82, 2.24) is 10.3 Å². The largest absolute Gasteiger partial charge is 0.490 e. The van der Waals surface area contributed by atoms with Crippen molar-refractivity contribution in [3.63, 3.8) is 0 Å². The summed E-state index contributed by atoms with van der Waals surface area (Å²) < 4.78 is 42.9. The van der Waals surface area contributed by atoms with E-state index in [1.807, 2.05) is 31.2 Å². The van der Waals surface area contributed by atoms with Gasteiger partial charge in [0.2, 0.25) is 0 Å². The fourth-order valence-electron chi connectivity index (χ4n) is 3.20. The summed E-state index contributed by atoms with van der Waals surface area (Å²) in [4.78, 5) is 25.1. The lowest BCUT2D eigenvalue weighted by Gasteiger charge is -2.26. The minimum Gasteiger partial charge on any atom is -0.489 e. The molecule has 2 N–H and O–H groups in total. The lowest BCUT2D eigenvalue weighted by Crippen LogP contribution is -2.34. The van der Waals surface area contributed by atoms with Crippen LogP contribution >= 0.6 is 11.6 Å². The third-order valence-electron chi connectivity index (χ3n) is 4.77. The fraction of sp³-hybridized carbons (Fsp3) is 0.409. The lowest BCUT2D eigenvalue weighted by atomic mass is 9.98. The van der Waals surface area contributed by atoms with Crippen LogP contribution in [0.25, 0.3) is 11.1 Å². The van der Waals surface area contributed by atoms with E-state index in [2.05, 4.69) is 10.3 Å². The number of rotatable bonds is 5. The molecule has 0 bridgehead atoms. The number of ether oxygens (including phenoxy) is 2. The van der Waals surface area contributed by atoms with Gasteiger partial charge in [0.15, 0.2) is 0 Å². The van der Waals surface area contributed by atoms with Crippen LogP contribution in [0.1, 0.15) is 24.1 Å². The zero-order chi connectivity index (χ0) is 24.6. The number of carbonyl (C=O) groups is 2. The van der Waals surface area contributed by atoms with Crippen LogP contribution in [0.3, 0.4) is 0 Å². The number of halogens is 4. The Morgan fingerprint density at radius 2 is 1.88 bits per heavy atom. The molecule has 2 aromatic rings. The lowest BCUT2D eigenvalue weighted by molar-refractivity contribution is -0.192. The molecule has 180 valence electrons. The number of aromatic nitrogens is 1. The number of carboxylic acids is 1. The second-order valence-electron chi connectivity index (χ2n) is 7.22. The number of pyridine rings is 1. The van der Waals surface area contributed by atoms with E-state index in [1.54, 1.807) is 6.20 Å². The van der Waals surface area contributed by atoms with Gasteiger partial charge in [0.05, 0.1) is 19.2 Å². The maximum absolute atomic E-state index is 11.8. The Hall–Kier alpha value is -2.85. The first-order valence-corrected chi connectivity index (χ1v) is 10.4. The van der Waals surface area contributed by atoms with Gasteiger partial charge in [0.1, 0.15) is 11.9 Å². The summed E-state index contributed by atoms with van der Waals surface area (Å²) in [7, 11) is 1.38. The maximum Gasteiger partial charge on any atom is 0.490 e. The van der Waals surface area contributed by atoms with Crippen molar-refractivity contribution in [3.05, 3.63) is 46.7 Å². The summed E-state index contributed by atoms with van der Waals surface area (Å²) in [6.45, 7) is 3.89. The SMILES string of the molecule is COC(=O)Cc1ncccc1-c1cc(Cl)cc(C)c1OC1CCNCC1.O=C(O)C(F)(F)F. The number of benzene rings is 1. The number of aryl methyl sites for hydroxylation is 1. The van der Waals surface area contributed by atoms with Gasteiger partial charge in [-0.2, -0.15) is 13.2 Å². The van der Waals surface area contributed by atoms with Crippen LogP contribution in [0, 0.1) is 6.92 Å². The van der Waals surface area contributed by atoms with Crippen molar-refractivity contribution in [2.24, 2.45) is 0 Å². The molecule has 0 aliphatic carbocycles. The predicted molar refractivity (Wildman–Crippen MR) is 115 cm³/mol. The van der Waals surface area contributed by atoms with Gasteiger partial charge < -0.3 is 19.9 Å². The number of nitrogens with zero attached hydrogens (tertiary/aromatic N) is 1. The smallest absolute Gasteiger partial charge is 0.489 e. The molecule has 1 aromatic carbocycles. The molecule has 11 heteroatoms. The van der Waals surface area contributed by atoms with Crippen molar-refractivity contribution in [2.45, 2.75) is 38.5 Å². The Kier molecular flexibility index (Phi) is 9.48. The average molecular weight is 489 g/mol. The van der Waals surface area contributed by atoms with E-state index in [0.29, 0.717) is 10.7 Å². The Balaban J connectivity index is 0.000000479. The van der Waals surface area contributed by atoms with Gasteiger partial charge in [0, 0.05) is 22.3 Å². The first-order chi connectivity index (χ1) is 15.5. The average Bonchev–Trinajstić information content (AvgIpc) is 2.76. The molecule has 1 aliphatic heterocycles. The quantitative estimate of drug-likeness (QED) is 0.609. The highest BCUT2D eigenvalue weighted by atomic mass is 35.5. The number of nitrogens with one attached hydrogen (secondary N) is 1. The summed E-state index contributed by atoms with van der Waals surface area (Å²) in [5.41, 5.74) is 3.32. The van der Waals surface area contributed by atoms with Crippen LogP contribution in [-0.4, -0.2) is 54.5 Å². The van der Waals surface area contributed by atoms with Gasteiger partial charge in [-0.3, -0.25) is 9.78 Å². The van der Waals surface area contributed by atoms with Crippen LogP contribution in [0.5, 0.6) is 5.75 Å². The first-order valence-electron chi connectivity index (χ1n) is 10.0. The van der Waals surface area contributed by atoms with E-state index in [9.17, 15) is 18.0 Å². The van der Waals surface area contributed by atoms with Crippen molar-refractivity contribution in [1.29, 1.82) is 0 Å². The van der Waals surface area contributed by atoms with Gasteiger partial charge in [-0.05, 0) is 56.6 Å². The molecule has 1 saturated heterocycles. The maximum atomic E-state index is 11.8. The van der Waals surface area contributed by atoms with Crippen LogP contribution in [0.15, 0.2) is 30.5 Å². The van der Waals surface area contributed by atoms with E-state index < -0.39 is 12.1 Å². The van der Waals surface area contributed by atoms with Crippen LogP contribution < -0.4 is 10.1 Å². The molecular formula is C22H24ClF3N2O5. The van der Waals surface area contributed by atoms with Gasteiger partial charge >= 0.3 is 18.1 Å². The molecule has 0 unspecified atom stereocenters. The van der Waals surface area contributed by atoms with Gasteiger partial charge in [-0.1, -0.05) is 17.7 Å². The minimum atomic E-state index is -5.08. The zero-order valence-corrected chi connectivity index (χ0v) is 18.8. The molecule has 1 aliphatic rings. The van der Waals surface area contributed by atoms with Crippen LogP contribution in [-0.2, 0) is 20.7 Å². The molecule has 0 saturated carbocycles. The first kappa shape index (κ1) is 26.4. The molecule has 0 atom stereocenters. The predicted octanol–water partition coefficient (Wildman–Crippen LogP) is 4.19. The Morgan fingerprint density at radius 1 is 1.24 bits per heavy atom. The number of carboxylic acid groups (broad SMARTS) is 1. The van der Waals surface area contributed by atoms with E-state index in [-0.39, 0.29) is 18.5 Å². The molecule has 0 spiro atoms. The van der Waals surface area contributed by atoms with E-state index in [0.717, 1.165) is 48.4 Å². The Labute approximate surface area is 193 Å². The topological polar surface area (TPSA) is 97.8 Å². The van der Waals surface area contributed by atoms with Gasteiger partial charge in [-0.25, -0.2) is 4.79 Å². The number of hydrogen-bond donors (Lipinski definition) is 2. The summed E-state index contributed by atoms with van der Waals surface area (Å²) in [6, 6.07) is 7.56. The van der Waals surface area contributed by atoms with Crippen LogP contribution in [0.2, 0.25) is 5.02 Å². The monoisotopic (exact) mass is 488 g/mol. The minimum absolute atomic E-state index is 0.102. The molecule has 33 heavy (non-hydrogen) atoms. The third kappa shape index (κ3) is 7.90. The normalized spacial score (nSPS) is 14.1. The zero-order valence-electron chi connectivity index (χ0n) is 18.0. The number of aliphatic carboxylic acids is 1. The van der Waals surface area contributed by atoms with Crippen molar-refractivity contribution < 1.29 is 37.3 Å². The summed E-state index contributed by atoms with van der Waals surface area (Å²) in [5.74, 6) is -2.28. The standard InChI is InChI=1S/C20H23ClN2O3.C2HF3O2/c1-13-10-14(21)11-17(20(13)26-15-5-8-22-9-6-15)16-4-3-7-23-18(16)12-19(24)25-2;3-2(4,5)1(6)7/h3-4,7,10-11,15,22H,5-6,8-9,12H2,1-2H3;(H,6,7). The number of hydrogen-bond acceptors (Lipinski definition) is 6. The number of alkyl halides is 3. The van der Waals surface area contributed by atoms with E-state index >= 15 is 0 Å². The summed E-state index contributed by atoms with van der Waals surface area (Å²) in [5, 5.41) is 11.1. The second kappa shape index (κ2) is 11.9. The summed E-state index contributed by atoms with van der Waals surface area (Å²) in [6.07, 6.45) is -1.22. The Bertz CT molecular complexity index is 979. The molecule has 2 heterocycles. The fourth-order valence-corrected chi connectivity index (χ4v) is 3.47. The third-order valence-corrected chi connectivity index (χ3v) is 4.99. The molecule has 1 aromatic heterocycles. The molecule has 0 radical (unpaired) electrons. The molecular weight excluding hydrogens is 465 g/mol. The highest BCUT2D eigenvalue weighted by molar-refractivity contribution is 6.31. The number of methoxy groups -OCH3 is 1. The van der Waals surface area contributed by atoms with Gasteiger partial charge in [0.25, 0.3) is 0 Å². The number of carbonyl (C=O) groups excluding carboxylic acids is 1. The highest BCUT2D eigenvalue weighted by Crippen LogP contribution is 2.38. The van der Waals surface area contributed by atoms with Crippen molar-refractivity contribution >= 4 is 23.5 Å². The van der Waals surface area contributed by atoms with Gasteiger partial charge in [-0.15, -0.1) is 0 Å². The Morgan fingerprint density at radius 3 is 2.45 bits per heavy atom. The number of esters is 1. The number of piperidine rings is 1.